The second kappa shape index (κ2) is 13.7. The summed E-state index contributed by atoms with van der Waals surface area (Å²) >= 11 is 0.920. The van der Waals surface area contributed by atoms with Crippen molar-refractivity contribution in [1.29, 1.82) is 0 Å². The predicted octanol–water partition coefficient (Wildman–Crippen LogP) is 4.61. The first-order chi connectivity index (χ1) is 22.6. The number of ether oxygens (including phenoxy) is 4. The van der Waals surface area contributed by atoms with Crippen LogP contribution in [-0.4, -0.2) is 96.8 Å². The second-order valence-electron chi connectivity index (χ2n) is 10.7. The Morgan fingerprint density at radius 1 is 0.783 bits per heavy atom. The highest BCUT2D eigenvalue weighted by atomic mass is 32.2. The molecular weight excluding hydrogens is 608 g/mol. The lowest BCUT2D eigenvalue weighted by Gasteiger charge is -2.30. The predicted molar refractivity (Wildman–Crippen MR) is 175 cm³/mol. The topological polar surface area (TPSA) is 119 Å². The lowest BCUT2D eigenvalue weighted by atomic mass is 10.1. The fourth-order valence-electron chi connectivity index (χ4n) is 5.34. The van der Waals surface area contributed by atoms with Crippen molar-refractivity contribution in [3.63, 3.8) is 0 Å². The van der Waals surface area contributed by atoms with Gasteiger partial charge in [0, 0.05) is 31.6 Å². The molecule has 0 bridgehead atoms. The van der Waals surface area contributed by atoms with Crippen LogP contribution in [0.5, 0.6) is 17.5 Å². The molecule has 0 atom stereocenters. The Hall–Kier alpha value is -4.72. The van der Waals surface area contributed by atoms with Crippen molar-refractivity contribution >= 4 is 51.7 Å². The summed E-state index contributed by atoms with van der Waals surface area (Å²) in [4.78, 5) is 45.4. The number of aromatic nitrogens is 3. The summed E-state index contributed by atoms with van der Waals surface area (Å²) < 4.78 is 23.0. The highest BCUT2D eigenvalue weighted by molar-refractivity contribution is 8.18. The third-order valence-corrected chi connectivity index (χ3v) is 8.67. The molecule has 4 heterocycles. The van der Waals surface area contributed by atoms with Gasteiger partial charge in [0.05, 0.1) is 37.9 Å². The number of rotatable bonds is 9. The maximum atomic E-state index is 13.1. The zero-order chi connectivity index (χ0) is 31.3. The van der Waals surface area contributed by atoms with Gasteiger partial charge in [-0.3, -0.25) is 14.5 Å². The lowest BCUT2D eigenvalue weighted by Crippen LogP contribution is -2.40. The molecule has 3 fully saturated rings. The lowest BCUT2D eigenvalue weighted by molar-refractivity contribution is -0.123. The van der Waals surface area contributed by atoms with Crippen LogP contribution in [0.25, 0.3) is 16.8 Å². The van der Waals surface area contributed by atoms with Crippen molar-refractivity contribution in [1.82, 2.24) is 19.9 Å². The minimum absolute atomic E-state index is 0.156. The van der Waals surface area contributed by atoms with Crippen molar-refractivity contribution in [2.75, 3.05) is 75.6 Å². The molecule has 0 aliphatic carbocycles. The number of hydrogen-bond acceptors (Lipinski definition) is 12. The van der Waals surface area contributed by atoms with Crippen molar-refractivity contribution in [2.24, 2.45) is 0 Å². The molecular formula is C33H32N6O6S. The van der Waals surface area contributed by atoms with Gasteiger partial charge in [-0.05, 0) is 47.0 Å². The standard InChI is InChI=1S/C33H32N6O6S/c40-29-28(46-33(41)39(29)16-21-44-27-7-3-5-24-4-1-2-6-26(24)27)22-23-8-10-25(11-9-23)45-32-35-30(37-12-17-42-18-13-37)34-31(36-32)38-14-19-43-20-15-38/h1-11,22H,12-21H2/b28-22-. The molecule has 3 aromatic carbocycles. The van der Waals surface area contributed by atoms with E-state index in [-0.39, 0.29) is 30.3 Å². The zero-order valence-electron chi connectivity index (χ0n) is 25.0. The van der Waals surface area contributed by atoms with Crippen LogP contribution in [0.4, 0.5) is 16.7 Å². The minimum atomic E-state index is -0.340. The van der Waals surface area contributed by atoms with E-state index in [9.17, 15) is 9.59 Å². The Labute approximate surface area is 269 Å². The molecule has 0 saturated carbocycles. The number of hydrogen-bond donors (Lipinski definition) is 0. The smallest absolute Gasteiger partial charge is 0.328 e. The van der Waals surface area contributed by atoms with Gasteiger partial charge in [-0.1, -0.05) is 48.5 Å². The van der Waals surface area contributed by atoms with E-state index in [2.05, 4.69) is 19.8 Å². The van der Waals surface area contributed by atoms with Crippen LogP contribution >= 0.6 is 11.8 Å². The van der Waals surface area contributed by atoms with Crippen LogP contribution in [-0.2, 0) is 14.3 Å². The maximum Gasteiger partial charge on any atom is 0.328 e. The fourth-order valence-corrected chi connectivity index (χ4v) is 6.21. The third-order valence-electron chi connectivity index (χ3n) is 7.76. The SMILES string of the molecule is O=C1S/C(=C\c2ccc(Oc3nc(N4CCOCC4)nc(N4CCOCC4)n3)cc2)C(=O)N1CCOc1cccc2ccccc12. The molecule has 2 amide bonds. The number of carbonyl (C=O) groups is 2. The Kier molecular flexibility index (Phi) is 8.94. The van der Waals surface area contributed by atoms with Gasteiger partial charge in [-0.25, -0.2) is 0 Å². The molecule has 3 aliphatic heterocycles. The highest BCUT2D eigenvalue weighted by Crippen LogP contribution is 2.33. The summed E-state index contributed by atoms with van der Waals surface area (Å²) in [5, 5.41) is 1.73. The molecule has 3 saturated heterocycles. The molecule has 13 heteroatoms. The number of fused-ring (bicyclic) bond motifs is 1. The van der Waals surface area contributed by atoms with E-state index in [0.717, 1.165) is 33.8 Å². The van der Waals surface area contributed by atoms with Gasteiger partial charge in [0.1, 0.15) is 18.1 Å². The van der Waals surface area contributed by atoms with E-state index in [1.807, 2.05) is 54.6 Å². The van der Waals surface area contributed by atoms with Crippen LogP contribution in [0.3, 0.4) is 0 Å². The fraction of sp³-hybridized carbons (Fsp3) is 0.303. The molecule has 236 valence electrons. The van der Waals surface area contributed by atoms with Crippen LogP contribution in [0.15, 0.2) is 71.6 Å². The molecule has 1 aromatic heterocycles. The Balaban J connectivity index is 1.01. The summed E-state index contributed by atoms with van der Waals surface area (Å²) in [6.45, 7) is 5.51. The Bertz CT molecular complexity index is 1720. The molecule has 0 spiro atoms. The Morgan fingerprint density at radius 2 is 1.43 bits per heavy atom. The van der Waals surface area contributed by atoms with Gasteiger partial charge in [0.2, 0.25) is 11.9 Å². The van der Waals surface area contributed by atoms with E-state index < -0.39 is 0 Å². The number of carbonyl (C=O) groups excluding carboxylic acids is 2. The number of nitrogens with zero attached hydrogens (tertiary/aromatic N) is 6. The number of anilines is 2. The highest BCUT2D eigenvalue weighted by Gasteiger charge is 2.35. The molecule has 3 aliphatic rings. The number of morpholine rings is 2. The third kappa shape index (κ3) is 6.76. The van der Waals surface area contributed by atoms with E-state index in [1.54, 1.807) is 18.2 Å². The minimum Gasteiger partial charge on any atom is -0.491 e. The summed E-state index contributed by atoms with van der Waals surface area (Å²) in [5.41, 5.74) is 0.753. The Morgan fingerprint density at radius 3 is 2.13 bits per heavy atom. The molecule has 4 aromatic rings. The second-order valence-corrected chi connectivity index (χ2v) is 11.7. The van der Waals surface area contributed by atoms with E-state index >= 15 is 0 Å². The van der Waals surface area contributed by atoms with Crippen molar-refractivity contribution < 1.29 is 28.5 Å². The first-order valence-electron chi connectivity index (χ1n) is 15.2. The summed E-state index contributed by atoms with van der Waals surface area (Å²) in [6, 6.07) is 21.1. The van der Waals surface area contributed by atoms with E-state index in [1.165, 1.54) is 4.90 Å². The number of benzene rings is 3. The van der Waals surface area contributed by atoms with Crippen molar-refractivity contribution in [3.8, 4) is 17.5 Å². The normalized spacial score (nSPS) is 18.1. The van der Waals surface area contributed by atoms with Crippen LogP contribution < -0.4 is 19.3 Å². The molecule has 0 unspecified atom stereocenters. The first kappa shape index (κ1) is 30.0. The van der Waals surface area contributed by atoms with Crippen LogP contribution in [0.2, 0.25) is 0 Å². The quantitative estimate of drug-likeness (QED) is 0.238. The largest absolute Gasteiger partial charge is 0.491 e. The van der Waals surface area contributed by atoms with E-state index in [4.69, 9.17) is 23.9 Å². The van der Waals surface area contributed by atoms with Gasteiger partial charge in [0.15, 0.2) is 0 Å². The summed E-state index contributed by atoms with van der Waals surface area (Å²) in [7, 11) is 0. The van der Waals surface area contributed by atoms with Gasteiger partial charge >= 0.3 is 6.01 Å². The van der Waals surface area contributed by atoms with E-state index in [0.29, 0.717) is 75.2 Å². The molecule has 12 nitrogen and oxygen atoms in total. The average molecular weight is 641 g/mol. The maximum absolute atomic E-state index is 13.1. The van der Waals surface area contributed by atoms with Gasteiger partial charge in [0.25, 0.3) is 11.1 Å². The summed E-state index contributed by atoms with van der Waals surface area (Å²) in [6.07, 6.45) is 1.70. The van der Waals surface area contributed by atoms with Gasteiger partial charge < -0.3 is 28.7 Å². The average Bonchev–Trinajstić information content (AvgIpc) is 3.37. The number of thioether (sulfide) groups is 1. The first-order valence-corrected chi connectivity index (χ1v) is 16.0. The zero-order valence-corrected chi connectivity index (χ0v) is 25.9. The number of amides is 2. The number of imide groups is 1. The monoisotopic (exact) mass is 640 g/mol. The van der Waals surface area contributed by atoms with Gasteiger partial charge in [-0.15, -0.1) is 0 Å². The molecule has 0 N–H and O–H groups in total. The van der Waals surface area contributed by atoms with Crippen LogP contribution in [0.1, 0.15) is 5.56 Å². The van der Waals surface area contributed by atoms with Crippen molar-refractivity contribution in [3.05, 3.63) is 77.2 Å². The molecule has 7 rings (SSSR count). The summed E-state index contributed by atoms with van der Waals surface area (Å²) in [5.74, 6) is 2.00. The van der Waals surface area contributed by atoms with Crippen LogP contribution in [0, 0.1) is 0 Å². The van der Waals surface area contributed by atoms with Gasteiger partial charge in [-0.2, -0.15) is 15.0 Å². The molecule has 46 heavy (non-hydrogen) atoms. The van der Waals surface area contributed by atoms with Crippen molar-refractivity contribution in [2.45, 2.75) is 0 Å². The molecule has 0 radical (unpaired) electrons.